The van der Waals surface area contributed by atoms with E-state index in [1.807, 2.05) is 19.9 Å². The van der Waals surface area contributed by atoms with Crippen LogP contribution in [0.25, 0.3) is 0 Å². The van der Waals surface area contributed by atoms with Crippen LogP contribution in [-0.4, -0.2) is 27.8 Å². The molecule has 2 aromatic rings. The molecule has 5 nitrogen and oxygen atoms in total. The van der Waals surface area contributed by atoms with Crippen molar-refractivity contribution in [2.24, 2.45) is 0 Å². The predicted molar refractivity (Wildman–Crippen MR) is 77.5 cm³/mol. The van der Waals surface area contributed by atoms with Gasteiger partial charge in [0.25, 0.3) is 5.91 Å². The first-order chi connectivity index (χ1) is 9.61. The third-order valence-corrected chi connectivity index (χ3v) is 3.94. The lowest BCUT2D eigenvalue weighted by Crippen LogP contribution is -2.25. The van der Waals surface area contributed by atoms with Crippen LogP contribution in [0.4, 0.5) is 0 Å². The molecule has 1 amide bonds. The third-order valence-electron chi connectivity index (χ3n) is 2.79. The maximum absolute atomic E-state index is 12.2. The maximum atomic E-state index is 12.2. The van der Waals surface area contributed by atoms with E-state index in [4.69, 9.17) is 5.11 Å². The van der Waals surface area contributed by atoms with E-state index in [0.717, 1.165) is 16.0 Å². The number of aliphatic hydroxyl groups excluding tert-OH is 1. The Balaban J connectivity index is 2.10. The number of carbonyl (C=O) groups is 1. The average molecular weight is 289 g/mol. The van der Waals surface area contributed by atoms with E-state index in [2.05, 4.69) is 27.4 Å². The summed E-state index contributed by atoms with van der Waals surface area (Å²) < 4.78 is 0. The van der Waals surface area contributed by atoms with Gasteiger partial charge in [0, 0.05) is 11.8 Å². The molecule has 0 spiro atoms. The van der Waals surface area contributed by atoms with Gasteiger partial charge >= 0.3 is 0 Å². The first-order valence-corrected chi connectivity index (χ1v) is 6.93. The summed E-state index contributed by atoms with van der Waals surface area (Å²) in [5, 5.41) is 18.2. The van der Waals surface area contributed by atoms with Gasteiger partial charge in [-0.25, -0.2) is 0 Å². The Morgan fingerprint density at radius 1 is 1.65 bits per heavy atom. The van der Waals surface area contributed by atoms with E-state index in [0.29, 0.717) is 4.88 Å². The van der Waals surface area contributed by atoms with E-state index >= 15 is 0 Å². The van der Waals surface area contributed by atoms with Crippen molar-refractivity contribution in [3.63, 3.8) is 0 Å². The number of thiophene rings is 1. The quantitative estimate of drug-likeness (QED) is 0.751. The molecule has 0 aliphatic heterocycles. The molecule has 0 bridgehead atoms. The fourth-order valence-electron chi connectivity index (χ4n) is 1.69. The number of aliphatic hydroxyl groups is 1. The Morgan fingerprint density at radius 2 is 2.45 bits per heavy atom. The Kier molecular flexibility index (Phi) is 4.56. The molecule has 1 atom stereocenters. The van der Waals surface area contributed by atoms with Crippen molar-refractivity contribution in [1.82, 2.24) is 15.5 Å². The van der Waals surface area contributed by atoms with Gasteiger partial charge in [-0.05, 0) is 25.5 Å². The van der Waals surface area contributed by atoms with E-state index in [9.17, 15) is 4.79 Å². The maximum Gasteiger partial charge on any atom is 0.261 e. The lowest BCUT2D eigenvalue weighted by atomic mass is 10.2. The van der Waals surface area contributed by atoms with E-state index in [1.54, 1.807) is 12.4 Å². The number of H-pyrrole nitrogens is 1. The minimum atomic E-state index is -0.184. The summed E-state index contributed by atoms with van der Waals surface area (Å²) in [6, 6.07) is 1.69. The second kappa shape index (κ2) is 6.37. The van der Waals surface area contributed by atoms with Crippen LogP contribution < -0.4 is 5.32 Å². The Bertz CT molecular complexity index is 650. The molecule has 3 N–H and O–H groups in total. The fraction of sp³-hybridized carbons (Fsp3) is 0.286. The molecule has 0 saturated carbocycles. The summed E-state index contributed by atoms with van der Waals surface area (Å²) >= 11 is 1.33. The molecule has 104 valence electrons. The molecular formula is C14H15N3O2S. The standard InChI is InChI=1S/C14H15N3O2S/c1-9-6-13(20-12(9)4-3-5-18)14(19)17-10(2)11-7-15-16-8-11/h6-8,10,18H,5H2,1-2H3,(H,15,16)(H,17,19). The number of aromatic nitrogens is 2. The van der Waals surface area contributed by atoms with Gasteiger partial charge in [-0.3, -0.25) is 9.89 Å². The predicted octanol–water partition coefficient (Wildman–Crippen LogP) is 1.61. The van der Waals surface area contributed by atoms with Gasteiger partial charge in [0.05, 0.1) is 22.0 Å². The molecule has 2 aromatic heterocycles. The highest BCUT2D eigenvalue weighted by Gasteiger charge is 2.15. The van der Waals surface area contributed by atoms with Gasteiger partial charge in [-0.1, -0.05) is 11.8 Å². The molecule has 0 aliphatic rings. The van der Waals surface area contributed by atoms with E-state index in [1.165, 1.54) is 11.3 Å². The zero-order valence-corrected chi connectivity index (χ0v) is 12.0. The second-order valence-electron chi connectivity index (χ2n) is 4.31. The van der Waals surface area contributed by atoms with Crippen LogP contribution in [0.5, 0.6) is 0 Å². The number of hydrogen-bond donors (Lipinski definition) is 3. The largest absolute Gasteiger partial charge is 0.384 e. The van der Waals surface area contributed by atoms with Crippen LogP contribution in [0.15, 0.2) is 18.5 Å². The first kappa shape index (κ1) is 14.3. The van der Waals surface area contributed by atoms with Crippen LogP contribution in [0, 0.1) is 18.8 Å². The highest BCUT2D eigenvalue weighted by Crippen LogP contribution is 2.22. The van der Waals surface area contributed by atoms with Crippen molar-refractivity contribution in [3.8, 4) is 11.8 Å². The molecule has 2 heterocycles. The minimum Gasteiger partial charge on any atom is -0.384 e. The van der Waals surface area contributed by atoms with Crippen molar-refractivity contribution in [2.75, 3.05) is 6.61 Å². The van der Waals surface area contributed by atoms with Crippen molar-refractivity contribution >= 4 is 17.2 Å². The molecule has 20 heavy (non-hydrogen) atoms. The lowest BCUT2D eigenvalue weighted by Gasteiger charge is -2.10. The van der Waals surface area contributed by atoms with Crippen molar-refractivity contribution < 1.29 is 9.90 Å². The number of amides is 1. The third kappa shape index (κ3) is 3.26. The topological polar surface area (TPSA) is 78.0 Å². The smallest absolute Gasteiger partial charge is 0.261 e. The molecule has 0 radical (unpaired) electrons. The number of rotatable bonds is 3. The van der Waals surface area contributed by atoms with Crippen molar-refractivity contribution in [2.45, 2.75) is 19.9 Å². The Labute approximate surface area is 121 Å². The van der Waals surface area contributed by atoms with Crippen molar-refractivity contribution in [3.05, 3.63) is 39.3 Å². The van der Waals surface area contributed by atoms with Gasteiger partial charge in [0.15, 0.2) is 0 Å². The van der Waals surface area contributed by atoms with E-state index in [-0.39, 0.29) is 18.6 Å². The fourth-order valence-corrected chi connectivity index (χ4v) is 2.64. The molecule has 0 aliphatic carbocycles. The minimum absolute atomic E-state index is 0.115. The molecular weight excluding hydrogens is 274 g/mol. The van der Waals surface area contributed by atoms with Crippen LogP contribution in [0.1, 0.15) is 38.6 Å². The second-order valence-corrected chi connectivity index (χ2v) is 5.36. The summed E-state index contributed by atoms with van der Waals surface area (Å²) in [6.07, 6.45) is 3.44. The number of nitrogens with zero attached hydrogens (tertiary/aromatic N) is 1. The zero-order valence-electron chi connectivity index (χ0n) is 11.2. The van der Waals surface area contributed by atoms with Gasteiger partial charge in [0.1, 0.15) is 6.61 Å². The molecule has 0 aromatic carbocycles. The van der Waals surface area contributed by atoms with Crippen LogP contribution in [0.2, 0.25) is 0 Å². The highest BCUT2D eigenvalue weighted by molar-refractivity contribution is 7.14. The SMILES string of the molecule is Cc1cc(C(=O)NC(C)c2cn[nH]c2)sc1C#CCO. The molecule has 1 unspecified atom stereocenters. The summed E-state index contributed by atoms with van der Waals surface area (Å²) in [6.45, 7) is 3.61. The van der Waals surface area contributed by atoms with Gasteiger partial charge in [0.2, 0.25) is 0 Å². The van der Waals surface area contributed by atoms with Gasteiger partial charge < -0.3 is 10.4 Å². The van der Waals surface area contributed by atoms with Gasteiger partial charge in [-0.15, -0.1) is 11.3 Å². The van der Waals surface area contributed by atoms with E-state index < -0.39 is 0 Å². The van der Waals surface area contributed by atoms with Crippen molar-refractivity contribution in [1.29, 1.82) is 0 Å². The summed E-state index contributed by atoms with van der Waals surface area (Å²) in [7, 11) is 0. The normalized spacial score (nSPS) is 11.6. The first-order valence-electron chi connectivity index (χ1n) is 6.11. The number of aryl methyl sites for hydroxylation is 1. The zero-order chi connectivity index (χ0) is 14.5. The molecule has 0 fully saturated rings. The van der Waals surface area contributed by atoms with Crippen LogP contribution in [-0.2, 0) is 0 Å². The average Bonchev–Trinajstić information content (AvgIpc) is 3.06. The van der Waals surface area contributed by atoms with Gasteiger partial charge in [-0.2, -0.15) is 5.10 Å². The molecule has 6 heteroatoms. The van der Waals surface area contributed by atoms with Crippen LogP contribution >= 0.6 is 11.3 Å². The monoisotopic (exact) mass is 289 g/mol. The molecule has 0 saturated heterocycles. The van der Waals surface area contributed by atoms with Crippen LogP contribution in [0.3, 0.4) is 0 Å². The Hall–Kier alpha value is -2.10. The number of aromatic amines is 1. The summed E-state index contributed by atoms with van der Waals surface area (Å²) in [4.78, 5) is 13.6. The number of carbonyl (C=O) groups excluding carboxylic acids is 1. The number of nitrogens with one attached hydrogen (secondary N) is 2. The lowest BCUT2D eigenvalue weighted by molar-refractivity contribution is 0.0944. The summed E-state index contributed by atoms with van der Waals surface area (Å²) in [5.74, 6) is 5.30. The molecule has 2 rings (SSSR count). The summed E-state index contributed by atoms with van der Waals surface area (Å²) in [5.41, 5.74) is 1.86. The highest BCUT2D eigenvalue weighted by atomic mass is 32.1. The number of hydrogen-bond acceptors (Lipinski definition) is 4. The Morgan fingerprint density at radius 3 is 3.10 bits per heavy atom.